The van der Waals surface area contributed by atoms with Crippen LogP contribution in [0.15, 0.2) is 55.5 Å². The summed E-state index contributed by atoms with van der Waals surface area (Å²) < 4.78 is 296. The molecule has 0 atom stereocenters. The summed E-state index contributed by atoms with van der Waals surface area (Å²) >= 11 is 0. The highest BCUT2D eigenvalue weighted by Crippen LogP contribution is 2.30. The van der Waals surface area contributed by atoms with Crippen LogP contribution in [-0.2, 0) is 11.3 Å². The zero-order valence-corrected chi connectivity index (χ0v) is 29.9. The van der Waals surface area contributed by atoms with E-state index in [1.807, 2.05) is 34.9 Å². The number of halogens is 20. The lowest BCUT2D eigenvalue weighted by Crippen LogP contribution is -2.81. The van der Waals surface area contributed by atoms with E-state index >= 15 is 35.1 Å². The quantitative estimate of drug-likeness (QED) is 0.0434. The van der Waals surface area contributed by atoms with Crippen LogP contribution >= 0.6 is 0 Å². The van der Waals surface area contributed by atoms with Gasteiger partial charge in [0.05, 0.1) is 11.8 Å². The molecule has 1 aromatic heterocycles. The average molecular weight is 920 g/mol. The second kappa shape index (κ2) is 17.4. The number of carboxylic acids is 1. The summed E-state index contributed by atoms with van der Waals surface area (Å²) in [6.07, 6.45) is -2.16. The van der Waals surface area contributed by atoms with Crippen LogP contribution in [0.1, 0.15) is 11.3 Å². The summed E-state index contributed by atoms with van der Waals surface area (Å²) in [5.74, 6) is -72.5. The van der Waals surface area contributed by atoms with Crippen molar-refractivity contribution < 1.29 is 102 Å². The molecule has 0 aliphatic heterocycles. The van der Waals surface area contributed by atoms with Crippen LogP contribution in [0.2, 0.25) is 0 Å². The number of nitrogens with zero attached hydrogens (tertiary/aromatic N) is 2. The van der Waals surface area contributed by atoms with Crippen molar-refractivity contribution in [2.45, 2.75) is 6.54 Å². The van der Waals surface area contributed by atoms with E-state index in [2.05, 4.69) is 11.6 Å². The molecule has 4 nitrogen and oxygen atoms in total. The summed E-state index contributed by atoms with van der Waals surface area (Å²) in [7, 11) is 0. The lowest BCUT2D eigenvalue weighted by molar-refractivity contribution is -0.689. The van der Waals surface area contributed by atoms with Gasteiger partial charge in [-0.25, -0.2) is 97.6 Å². The van der Waals surface area contributed by atoms with Gasteiger partial charge in [-0.3, -0.25) is 0 Å². The molecule has 0 unspecified atom stereocenters. The SMILES string of the molecule is C=C(C(=O)O)c1c[n+](Cc2ccccc2)ccn1.Fc1c(F)c(F)c([B-](c2c(F)c(F)c(F)c(F)c2F)(c2c(F)c(F)c(F)c(F)c2F)c2c(F)c(F)c(F)c(F)c2F)c(F)c1F. The van der Waals surface area contributed by atoms with Crippen molar-refractivity contribution in [2.75, 3.05) is 0 Å². The molecular weight excluding hydrogens is 907 g/mol. The predicted molar refractivity (Wildman–Crippen MR) is 176 cm³/mol. The normalized spacial score (nSPS) is 11.4. The van der Waals surface area contributed by atoms with Gasteiger partial charge in [0.2, 0.25) is 0 Å². The molecule has 0 aliphatic carbocycles. The van der Waals surface area contributed by atoms with Crippen LogP contribution in [0.3, 0.4) is 0 Å². The Hall–Kier alpha value is -6.95. The lowest BCUT2D eigenvalue weighted by atomic mass is 9.12. The lowest BCUT2D eigenvalue weighted by Gasteiger charge is -2.44. The molecule has 0 saturated carbocycles. The first-order valence-corrected chi connectivity index (χ1v) is 16.4. The number of carbonyl (C=O) groups is 1. The molecule has 6 rings (SSSR count). The van der Waals surface area contributed by atoms with Gasteiger partial charge in [-0.1, -0.05) is 36.9 Å². The van der Waals surface area contributed by atoms with E-state index in [9.17, 15) is 57.5 Å². The Morgan fingerprint density at radius 2 is 0.746 bits per heavy atom. The fraction of sp³-hybridized carbons (Fsp3) is 0.0263. The zero-order chi connectivity index (χ0) is 47.3. The molecule has 0 saturated heterocycles. The van der Waals surface area contributed by atoms with E-state index in [4.69, 9.17) is 5.11 Å². The fourth-order valence-corrected chi connectivity index (χ4v) is 6.46. The van der Waals surface area contributed by atoms with Crippen LogP contribution in [0.4, 0.5) is 87.8 Å². The average Bonchev–Trinajstić information content (AvgIpc) is 3.26. The van der Waals surface area contributed by atoms with Crippen molar-refractivity contribution in [1.82, 2.24) is 4.98 Å². The highest BCUT2D eigenvalue weighted by molar-refractivity contribution is 7.20. The fourth-order valence-electron chi connectivity index (χ4n) is 6.46. The first-order valence-electron chi connectivity index (χ1n) is 16.4. The van der Waals surface area contributed by atoms with E-state index in [0.29, 0.717) is 12.2 Å². The van der Waals surface area contributed by atoms with Crippen LogP contribution < -0.4 is 26.4 Å². The molecule has 5 aromatic carbocycles. The molecule has 0 bridgehead atoms. The minimum Gasteiger partial charge on any atom is -0.478 e. The van der Waals surface area contributed by atoms with E-state index in [1.54, 1.807) is 18.6 Å². The second-order valence-corrected chi connectivity index (χ2v) is 12.7. The third kappa shape index (κ3) is 7.57. The number of aliphatic carboxylic acids is 1. The van der Waals surface area contributed by atoms with E-state index in [0.717, 1.165) is 5.56 Å². The Balaban J connectivity index is 0.000000345. The first kappa shape index (κ1) is 47.1. The molecule has 1 N–H and O–H groups in total. The Morgan fingerprint density at radius 1 is 0.476 bits per heavy atom. The predicted octanol–water partition coefficient (Wildman–Crippen LogP) is 7.36. The highest BCUT2D eigenvalue weighted by Gasteiger charge is 2.52. The van der Waals surface area contributed by atoms with E-state index in [-0.39, 0.29) is 5.57 Å². The number of benzene rings is 5. The minimum absolute atomic E-state index is 0.00240. The maximum atomic E-state index is 15.4. The Morgan fingerprint density at radius 3 is 1.02 bits per heavy atom. The molecule has 0 radical (unpaired) electrons. The van der Waals surface area contributed by atoms with Crippen molar-refractivity contribution >= 4 is 39.5 Å². The number of carboxylic acid groups (broad SMARTS) is 1. The third-order valence-corrected chi connectivity index (χ3v) is 9.24. The second-order valence-electron chi connectivity index (χ2n) is 12.7. The molecule has 330 valence electrons. The van der Waals surface area contributed by atoms with Gasteiger partial charge in [-0.2, -0.15) is 4.57 Å². The molecule has 63 heavy (non-hydrogen) atoms. The van der Waals surface area contributed by atoms with Gasteiger partial charge in [0.25, 0.3) is 0 Å². The van der Waals surface area contributed by atoms with Crippen molar-refractivity contribution in [3.8, 4) is 0 Å². The topological polar surface area (TPSA) is 54.1 Å². The monoisotopic (exact) mass is 920 g/mol. The first-order chi connectivity index (χ1) is 29.4. The van der Waals surface area contributed by atoms with Gasteiger partial charge in [-0.15, -0.1) is 21.9 Å². The Labute approximate surface area is 336 Å². The molecule has 25 heteroatoms. The van der Waals surface area contributed by atoms with Crippen LogP contribution in [0.25, 0.3) is 5.57 Å². The van der Waals surface area contributed by atoms with Gasteiger partial charge >= 0.3 is 5.97 Å². The van der Waals surface area contributed by atoms with Crippen LogP contribution in [0, 0.1) is 116 Å². The maximum Gasteiger partial charge on any atom is 0.337 e. The molecule has 0 fully saturated rings. The standard InChI is InChI=1S/C24BF20.C14H12N2O2/c26-5-1(6(27)14(35)21(42)13(5)34)25(2-7(28)15(36)22(43)16(37)8(2)29,3-9(30)17(38)23(44)18(39)10(3)31)4-11(32)19(40)24(45)20(41)12(4)33;1-11(14(17)18)13-10-16(8-7-15-13)9-12-5-3-2-4-6-12/h;2-8,10H,1,9H2/q-1;/p+1. The number of rotatable bonds is 8. The molecule has 1 heterocycles. The van der Waals surface area contributed by atoms with Crippen LogP contribution in [0.5, 0.6) is 0 Å². The summed E-state index contributed by atoms with van der Waals surface area (Å²) in [5, 5.41) is 8.87. The number of hydrogen-bond donors (Lipinski definition) is 1. The summed E-state index contributed by atoms with van der Waals surface area (Å²) in [6.45, 7) is 4.17. The zero-order valence-electron chi connectivity index (χ0n) is 29.9. The Kier molecular flexibility index (Phi) is 13.0. The van der Waals surface area contributed by atoms with Gasteiger partial charge in [0, 0.05) is 5.56 Å². The van der Waals surface area contributed by atoms with Crippen molar-refractivity contribution in [1.29, 1.82) is 0 Å². The van der Waals surface area contributed by atoms with Gasteiger partial charge in [0.1, 0.15) is 58.4 Å². The summed E-state index contributed by atoms with van der Waals surface area (Å²) in [6, 6.07) is 9.92. The highest BCUT2D eigenvalue weighted by atomic mass is 19.2. The van der Waals surface area contributed by atoms with Gasteiger partial charge in [-0.05, 0) is 0 Å². The summed E-state index contributed by atoms with van der Waals surface area (Å²) in [5.41, 5.74) is -12.8. The molecule has 0 aliphatic rings. The van der Waals surface area contributed by atoms with E-state index in [1.165, 1.54) is 0 Å². The summed E-state index contributed by atoms with van der Waals surface area (Å²) in [4.78, 5) is 14.8. The van der Waals surface area contributed by atoms with Gasteiger partial charge < -0.3 is 5.11 Å². The van der Waals surface area contributed by atoms with Crippen molar-refractivity contribution in [3.05, 3.63) is 183 Å². The molecule has 6 aromatic rings. The minimum atomic E-state index is -7.22. The Bertz CT molecular complexity index is 2500. The van der Waals surface area contributed by atoms with Crippen molar-refractivity contribution in [2.24, 2.45) is 0 Å². The van der Waals surface area contributed by atoms with Crippen molar-refractivity contribution in [3.63, 3.8) is 0 Å². The largest absolute Gasteiger partial charge is 0.478 e. The third-order valence-electron chi connectivity index (χ3n) is 9.24. The smallest absolute Gasteiger partial charge is 0.337 e. The van der Waals surface area contributed by atoms with Crippen LogP contribution in [-0.4, -0.2) is 22.2 Å². The van der Waals surface area contributed by atoms with E-state index < -0.39 is 150 Å². The van der Waals surface area contributed by atoms with Gasteiger partial charge in [0.15, 0.2) is 88.7 Å². The molecular formula is C38H13BF20N2O2. The molecule has 0 amide bonds. The molecule has 0 spiro atoms. The number of hydrogen-bond acceptors (Lipinski definition) is 2. The number of aromatic nitrogens is 2. The maximum absolute atomic E-state index is 15.4.